The zero-order chi connectivity index (χ0) is 23.7. The molecule has 34 heavy (non-hydrogen) atoms. The van der Waals surface area contributed by atoms with E-state index in [1.807, 2.05) is 0 Å². The summed E-state index contributed by atoms with van der Waals surface area (Å²) in [5.41, 5.74) is 3.39. The molecule has 8 nitrogen and oxygen atoms in total. The molecule has 1 saturated heterocycles. The summed E-state index contributed by atoms with van der Waals surface area (Å²) in [6.45, 7) is 9.95. The maximum absolute atomic E-state index is 10.9. The lowest BCUT2D eigenvalue weighted by molar-refractivity contribution is 0.0125. The Kier molecular flexibility index (Phi) is 4.67. The summed E-state index contributed by atoms with van der Waals surface area (Å²) in [4.78, 5) is 14.8. The number of nitrogens with zero attached hydrogens (tertiary/aromatic N) is 3. The number of rotatable bonds is 4. The smallest absolute Gasteiger partial charge is 0.180 e. The van der Waals surface area contributed by atoms with Gasteiger partial charge in [0.05, 0.1) is 25.5 Å². The van der Waals surface area contributed by atoms with E-state index in [1.165, 1.54) is 11.9 Å². The Morgan fingerprint density at radius 2 is 1.85 bits per heavy atom. The van der Waals surface area contributed by atoms with Crippen molar-refractivity contribution in [1.82, 2.24) is 15.0 Å². The summed E-state index contributed by atoms with van der Waals surface area (Å²) in [5, 5.41) is 25.3. The maximum Gasteiger partial charge on any atom is 0.180 e. The predicted molar refractivity (Wildman–Crippen MR) is 132 cm³/mol. The molecule has 2 saturated carbocycles. The number of aliphatic hydroxyl groups excluding tert-OH is 1. The number of ether oxygens (including phenoxy) is 1. The van der Waals surface area contributed by atoms with Crippen LogP contribution in [-0.4, -0.2) is 63.1 Å². The third kappa shape index (κ3) is 2.91. The number of nitrogens with one attached hydrogen (secondary N) is 2. The third-order valence-corrected chi connectivity index (χ3v) is 9.35. The summed E-state index contributed by atoms with van der Waals surface area (Å²) in [5.74, 6) is 0.801. The van der Waals surface area contributed by atoms with Crippen molar-refractivity contribution in [3.05, 3.63) is 30.5 Å². The highest BCUT2D eigenvalue weighted by Crippen LogP contribution is 2.68. The van der Waals surface area contributed by atoms with E-state index in [2.05, 4.69) is 65.2 Å². The fourth-order valence-corrected chi connectivity index (χ4v) is 6.51. The Morgan fingerprint density at radius 3 is 2.50 bits per heavy atom. The highest BCUT2D eigenvalue weighted by atomic mass is 16.5. The average Bonchev–Trinajstić information content (AvgIpc) is 3.40. The Balaban J connectivity index is 1.34. The number of aromatic nitrogens is 3. The first-order valence-electron chi connectivity index (χ1n) is 12.2. The average molecular weight is 464 g/mol. The van der Waals surface area contributed by atoms with Gasteiger partial charge in [-0.2, -0.15) is 0 Å². The van der Waals surface area contributed by atoms with Crippen LogP contribution in [0.15, 0.2) is 30.5 Å². The third-order valence-electron chi connectivity index (χ3n) is 9.35. The van der Waals surface area contributed by atoms with Crippen LogP contribution in [0, 0.1) is 10.8 Å². The van der Waals surface area contributed by atoms with Crippen LogP contribution >= 0.6 is 0 Å². The molecule has 0 radical (unpaired) electrons. The van der Waals surface area contributed by atoms with E-state index in [-0.39, 0.29) is 28.2 Å². The van der Waals surface area contributed by atoms with Crippen LogP contribution in [0.1, 0.15) is 40.0 Å². The molecule has 0 amide bonds. The van der Waals surface area contributed by atoms with E-state index < -0.39 is 0 Å². The number of imidazole rings is 1. The molecular weight excluding hydrogens is 430 g/mol. The summed E-state index contributed by atoms with van der Waals surface area (Å²) in [6, 6.07) is 8.34. The van der Waals surface area contributed by atoms with Gasteiger partial charge in [0.15, 0.2) is 11.4 Å². The molecule has 1 aliphatic heterocycles. The number of anilines is 2. The zero-order valence-electron chi connectivity index (χ0n) is 20.1. The summed E-state index contributed by atoms with van der Waals surface area (Å²) < 4.78 is 5.45. The van der Waals surface area contributed by atoms with Crippen molar-refractivity contribution >= 4 is 22.5 Å². The van der Waals surface area contributed by atoms with Crippen molar-refractivity contribution in [2.24, 2.45) is 10.8 Å². The van der Waals surface area contributed by atoms with Crippen molar-refractivity contribution in [1.29, 1.82) is 0 Å². The van der Waals surface area contributed by atoms with Crippen LogP contribution in [0.25, 0.3) is 22.6 Å². The SMILES string of the molecule is CC12CCC(Nc3c(O)cnc4nc(-c5ccc(N6CCOCC6)cc5)[nH]c34)(CC1O)C2(C)C. The summed E-state index contributed by atoms with van der Waals surface area (Å²) >= 11 is 0. The lowest BCUT2D eigenvalue weighted by Crippen LogP contribution is -2.46. The van der Waals surface area contributed by atoms with Gasteiger partial charge in [-0.3, -0.25) is 0 Å². The first-order valence-corrected chi connectivity index (χ1v) is 12.2. The van der Waals surface area contributed by atoms with Gasteiger partial charge in [-0.15, -0.1) is 0 Å². The van der Waals surface area contributed by atoms with Crippen molar-refractivity contribution in [3.8, 4) is 17.1 Å². The van der Waals surface area contributed by atoms with Gasteiger partial charge in [0.1, 0.15) is 17.0 Å². The van der Waals surface area contributed by atoms with Crippen molar-refractivity contribution in [3.63, 3.8) is 0 Å². The molecule has 3 heterocycles. The molecule has 2 bridgehead atoms. The lowest BCUT2D eigenvalue weighted by Gasteiger charge is -2.42. The van der Waals surface area contributed by atoms with Gasteiger partial charge in [-0.05, 0) is 48.9 Å². The van der Waals surface area contributed by atoms with Gasteiger partial charge in [0.2, 0.25) is 0 Å². The highest BCUT2D eigenvalue weighted by molar-refractivity contribution is 5.91. The summed E-state index contributed by atoms with van der Waals surface area (Å²) in [7, 11) is 0. The van der Waals surface area contributed by atoms with Gasteiger partial charge < -0.3 is 30.2 Å². The number of hydrogen-bond donors (Lipinski definition) is 4. The Hall–Kier alpha value is -2.84. The van der Waals surface area contributed by atoms with Gasteiger partial charge >= 0.3 is 0 Å². The number of aromatic hydroxyl groups is 1. The van der Waals surface area contributed by atoms with E-state index in [1.54, 1.807) is 0 Å². The number of hydrogen-bond acceptors (Lipinski definition) is 7. The standard InChI is InChI=1S/C26H33N5O3/c1-24(2)25(3)8-9-26(24,14-19(25)33)30-20-18(32)15-27-23-21(20)28-22(29-23)16-4-6-17(7-5-16)31-10-12-34-13-11-31/h4-7,15,19,32-33H,8-14H2,1-3H3,(H2,27,28,29,30). The predicted octanol–water partition coefficient (Wildman–Crippen LogP) is 3.91. The minimum Gasteiger partial charge on any atom is -0.504 e. The van der Waals surface area contributed by atoms with Crippen LogP contribution < -0.4 is 10.2 Å². The summed E-state index contributed by atoms with van der Waals surface area (Å²) in [6.07, 6.45) is 3.64. The molecule has 6 rings (SSSR count). The Bertz CT molecular complexity index is 1230. The number of H-pyrrole nitrogens is 1. The number of pyridine rings is 1. The van der Waals surface area contributed by atoms with Crippen molar-refractivity contribution in [2.75, 3.05) is 36.5 Å². The first-order chi connectivity index (χ1) is 16.2. The van der Waals surface area contributed by atoms with Gasteiger partial charge in [-0.25, -0.2) is 9.97 Å². The normalized spacial score (nSPS) is 30.2. The zero-order valence-corrected chi connectivity index (χ0v) is 20.1. The van der Waals surface area contributed by atoms with E-state index in [0.717, 1.165) is 44.7 Å². The van der Waals surface area contributed by atoms with E-state index in [0.29, 0.717) is 29.1 Å². The monoisotopic (exact) mass is 463 g/mol. The van der Waals surface area contributed by atoms with E-state index in [4.69, 9.17) is 9.72 Å². The quantitative estimate of drug-likeness (QED) is 0.465. The van der Waals surface area contributed by atoms with Crippen molar-refractivity contribution < 1.29 is 14.9 Å². The molecule has 3 atom stereocenters. The molecule has 2 aliphatic carbocycles. The van der Waals surface area contributed by atoms with Gasteiger partial charge in [0, 0.05) is 35.3 Å². The molecule has 8 heteroatoms. The van der Waals surface area contributed by atoms with Gasteiger partial charge in [-0.1, -0.05) is 20.8 Å². The molecule has 3 aromatic rings. The molecule has 1 aromatic carbocycles. The highest BCUT2D eigenvalue weighted by Gasteiger charge is 2.69. The number of aromatic amines is 1. The molecule has 2 aromatic heterocycles. The largest absolute Gasteiger partial charge is 0.504 e. The number of aliphatic hydroxyl groups is 1. The van der Waals surface area contributed by atoms with E-state index >= 15 is 0 Å². The van der Waals surface area contributed by atoms with Crippen LogP contribution in [0.5, 0.6) is 5.75 Å². The first kappa shape index (κ1) is 21.7. The number of benzene rings is 1. The fraction of sp³-hybridized carbons (Fsp3) is 0.538. The molecule has 3 aliphatic rings. The topological polar surface area (TPSA) is 107 Å². The van der Waals surface area contributed by atoms with Crippen LogP contribution in [0.3, 0.4) is 0 Å². The minimum absolute atomic E-state index is 0.0885. The second-order valence-electron chi connectivity index (χ2n) is 10.9. The molecule has 0 spiro atoms. The fourth-order valence-electron chi connectivity index (χ4n) is 6.51. The van der Waals surface area contributed by atoms with Crippen molar-refractivity contribution in [2.45, 2.75) is 51.7 Å². The molecule has 180 valence electrons. The Morgan fingerprint density at radius 1 is 1.12 bits per heavy atom. The van der Waals surface area contributed by atoms with Crippen LogP contribution in [0.4, 0.5) is 11.4 Å². The van der Waals surface area contributed by atoms with Gasteiger partial charge in [0.25, 0.3) is 0 Å². The molecule has 4 N–H and O–H groups in total. The van der Waals surface area contributed by atoms with Crippen LogP contribution in [0.2, 0.25) is 0 Å². The Labute approximate surface area is 199 Å². The molecular formula is C26H33N5O3. The lowest BCUT2D eigenvalue weighted by atomic mass is 9.68. The maximum atomic E-state index is 10.9. The van der Waals surface area contributed by atoms with E-state index in [9.17, 15) is 10.2 Å². The second kappa shape index (κ2) is 7.33. The molecule has 3 fully saturated rings. The molecule has 3 unspecified atom stereocenters. The number of fused-ring (bicyclic) bond motifs is 3. The minimum atomic E-state index is -0.370. The van der Waals surface area contributed by atoms with Crippen LogP contribution in [-0.2, 0) is 4.74 Å². The number of morpholine rings is 1. The second-order valence-corrected chi connectivity index (χ2v) is 10.9.